The molecule has 0 saturated carbocycles. The van der Waals surface area contributed by atoms with Crippen LogP contribution in [-0.2, 0) is 6.54 Å². The number of methoxy groups -OCH3 is 1. The molecule has 124 valence electrons. The van der Waals surface area contributed by atoms with Crippen LogP contribution in [0.3, 0.4) is 0 Å². The minimum absolute atomic E-state index is 0.551. The van der Waals surface area contributed by atoms with E-state index >= 15 is 0 Å². The summed E-state index contributed by atoms with van der Waals surface area (Å²) in [6, 6.07) is 8.62. The normalized spacial score (nSPS) is 11.9. The fourth-order valence-electron chi connectivity index (χ4n) is 2.15. The van der Waals surface area contributed by atoms with Crippen molar-refractivity contribution in [3.05, 3.63) is 29.8 Å². The first kappa shape index (κ1) is 18.3. The molecular formula is C17H30N4O. The minimum Gasteiger partial charge on any atom is -0.496 e. The van der Waals surface area contributed by atoms with Crippen LogP contribution in [0.2, 0.25) is 0 Å². The molecule has 5 nitrogen and oxygen atoms in total. The van der Waals surface area contributed by atoms with Gasteiger partial charge in [0.05, 0.1) is 7.11 Å². The molecule has 0 bridgehead atoms. The molecule has 0 heterocycles. The molecular weight excluding hydrogens is 276 g/mol. The SMILES string of the molecule is CN=C(NCCN(C)C(C)C)N(C)Cc1ccccc1OC. The van der Waals surface area contributed by atoms with Gasteiger partial charge in [0.15, 0.2) is 5.96 Å². The molecule has 0 amide bonds. The summed E-state index contributed by atoms with van der Waals surface area (Å²) in [6.45, 7) is 7.01. The first-order chi connectivity index (χ1) is 10.5. The molecule has 1 N–H and O–H groups in total. The predicted octanol–water partition coefficient (Wildman–Crippen LogP) is 2.04. The lowest BCUT2D eigenvalue weighted by molar-refractivity contribution is 0.276. The van der Waals surface area contributed by atoms with Crippen molar-refractivity contribution in [2.75, 3.05) is 41.3 Å². The van der Waals surface area contributed by atoms with E-state index in [-0.39, 0.29) is 0 Å². The summed E-state index contributed by atoms with van der Waals surface area (Å²) >= 11 is 0. The summed E-state index contributed by atoms with van der Waals surface area (Å²) in [5.41, 5.74) is 1.15. The number of hydrogen-bond donors (Lipinski definition) is 1. The fourth-order valence-corrected chi connectivity index (χ4v) is 2.15. The Kier molecular flexibility index (Phi) is 7.74. The van der Waals surface area contributed by atoms with Crippen LogP contribution in [0, 0.1) is 0 Å². The van der Waals surface area contributed by atoms with E-state index in [9.17, 15) is 0 Å². The van der Waals surface area contributed by atoms with Crippen LogP contribution >= 0.6 is 0 Å². The largest absolute Gasteiger partial charge is 0.496 e. The number of guanidine groups is 1. The van der Waals surface area contributed by atoms with Crippen LogP contribution in [0.15, 0.2) is 29.3 Å². The number of para-hydroxylation sites is 1. The third-order valence-electron chi connectivity index (χ3n) is 3.80. The lowest BCUT2D eigenvalue weighted by Gasteiger charge is -2.25. The second-order valence-corrected chi connectivity index (χ2v) is 5.72. The van der Waals surface area contributed by atoms with Crippen molar-refractivity contribution in [2.24, 2.45) is 4.99 Å². The minimum atomic E-state index is 0.551. The molecule has 0 radical (unpaired) electrons. The van der Waals surface area contributed by atoms with Gasteiger partial charge in [0.1, 0.15) is 5.75 Å². The van der Waals surface area contributed by atoms with Gasteiger partial charge in [0, 0.05) is 45.3 Å². The standard InChI is InChI=1S/C17H30N4O/c1-14(2)20(4)12-11-19-17(18-3)21(5)13-15-9-7-8-10-16(15)22-6/h7-10,14H,11-13H2,1-6H3,(H,18,19). The zero-order chi connectivity index (χ0) is 16.5. The summed E-state index contributed by atoms with van der Waals surface area (Å²) < 4.78 is 5.40. The monoisotopic (exact) mass is 306 g/mol. The van der Waals surface area contributed by atoms with Gasteiger partial charge in [-0.3, -0.25) is 4.99 Å². The maximum absolute atomic E-state index is 5.40. The Hall–Kier alpha value is -1.75. The first-order valence-corrected chi connectivity index (χ1v) is 7.73. The van der Waals surface area contributed by atoms with E-state index in [1.165, 1.54) is 0 Å². The van der Waals surface area contributed by atoms with Crippen LogP contribution in [-0.4, -0.2) is 63.1 Å². The first-order valence-electron chi connectivity index (χ1n) is 7.73. The smallest absolute Gasteiger partial charge is 0.193 e. The van der Waals surface area contributed by atoms with E-state index in [0.717, 1.165) is 36.9 Å². The molecule has 1 rings (SSSR count). The van der Waals surface area contributed by atoms with Gasteiger partial charge in [0.25, 0.3) is 0 Å². The number of aliphatic imine (C=N–C) groups is 1. The topological polar surface area (TPSA) is 40.1 Å². The summed E-state index contributed by atoms with van der Waals surface area (Å²) in [5.74, 6) is 1.80. The summed E-state index contributed by atoms with van der Waals surface area (Å²) in [7, 11) is 7.68. The maximum Gasteiger partial charge on any atom is 0.193 e. The predicted molar refractivity (Wildman–Crippen MR) is 93.6 cm³/mol. The molecule has 0 saturated heterocycles. The molecule has 0 aromatic heterocycles. The molecule has 1 aromatic carbocycles. The third-order valence-corrected chi connectivity index (χ3v) is 3.80. The van der Waals surface area contributed by atoms with E-state index < -0.39 is 0 Å². The van der Waals surface area contributed by atoms with Crippen molar-refractivity contribution in [3.63, 3.8) is 0 Å². The lowest BCUT2D eigenvalue weighted by Crippen LogP contribution is -2.42. The quantitative estimate of drug-likeness (QED) is 0.618. The Bertz CT molecular complexity index is 473. The lowest BCUT2D eigenvalue weighted by atomic mass is 10.2. The Morgan fingerprint density at radius 3 is 2.55 bits per heavy atom. The molecule has 0 aliphatic carbocycles. The van der Waals surface area contributed by atoms with Gasteiger partial charge in [-0.1, -0.05) is 18.2 Å². The van der Waals surface area contributed by atoms with Crippen molar-refractivity contribution in [1.29, 1.82) is 0 Å². The summed E-state index contributed by atoms with van der Waals surface area (Å²) in [5, 5.41) is 3.41. The molecule has 5 heteroatoms. The number of likely N-dealkylation sites (N-methyl/N-ethyl adjacent to an activating group) is 1. The van der Waals surface area contributed by atoms with Gasteiger partial charge in [-0.05, 0) is 27.0 Å². The molecule has 0 aliphatic rings. The van der Waals surface area contributed by atoms with E-state index in [4.69, 9.17) is 4.74 Å². The van der Waals surface area contributed by atoms with Crippen molar-refractivity contribution < 1.29 is 4.74 Å². The number of rotatable bonds is 7. The Morgan fingerprint density at radius 1 is 1.27 bits per heavy atom. The van der Waals surface area contributed by atoms with Gasteiger partial charge in [-0.15, -0.1) is 0 Å². The average molecular weight is 306 g/mol. The van der Waals surface area contributed by atoms with Gasteiger partial charge >= 0.3 is 0 Å². The molecule has 22 heavy (non-hydrogen) atoms. The van der Waals surface area contributed by atoms with Crippen molar-refractivity contribution >= 4 is 5.96 Å². The van der Waals surface area contributed by atoms with Gasteiger partial charge < -0.3 is 19.9 Å². The van der Waals surface area contributed by atoms with Crippen LogP contribution in [0.4, 0.5) is 0 Å². The summed E-state index contributed by atoms with van der Waals surface area (Å²) in [6.07, 6.45) is 0. The van der Waals surface area contributed by atoms with Crippen LogP contribution in [0.25, 0.3) is 0 Å². The summed E-state index contributed by atoms with van der Waals surface area (Å²) in [4.78, 5) is 8.76. The van der Waals surface area contributed by atoms with Gasteiger partial charge in [0.2, 0.25) is 0 Å². The van der Waals surface area contributed by atoms with E-state index in [1.807, 2.05) is 32.3 Å². The molecule has 1 aromatic rings. The van der Waals surface area contributed by atoms with E-state index in [1.54, 1.807) is 7.11 Å². The van der Waals surface area contributed by atoms with E-state index in [0.29, 0.717) is 6.04 Å². The Morgan fingerprint density at radius 2 is 1.95 bits per heavy atom. The molecule has 0 spiro atoms. The Balaban J connectivity index is 2.56. The zero-order valence-corrected chi connectivity index (χ0v) is 14.8. The second kappa shape index (κ2) is 9.30. The van der Waals surface area contributed by atoms with Crippen LogP contribution < -0.4 is 10.1 Å². The highest BCUT2D eigenvalue weighted by Crippen LogP contribution is 2.18. The van der Waals surface area contributed by atoms with Crippen molar-refractivity contribution in [3.8, 4) is 5.75 Å². The molecule has 0 atom stereocenters. The highest BCUT2D eigenvalue weighted by molar-refractivity contribution is 5.79. The van der Waals surface area contributed by atoms with Crippen LogP contribution in [0.1, 0.15) is 19.4 Å². The molecule has 0 unspecified atom stereocenters. The third kappa shape index (κ3) is 5.56. The fraction of sp³-hybridized carbons (Fsp3) is 0.588. The number of benzene rings is 1. The van der Waals surface area contributed by atoms with Crippen molar-refractivity contribution in [1.82, 2.24) is 15.1 Å². The van der Waals surface area contributed by atoms with E-state index in [2.05, 4.69) is 47.1 Å². The van der Waals surface area contributed by atoms with Gasteiger partial charge in [-0.2, -0.15) is 0 Å². The highest BCUT2D eigenvalue weighted by atomic mass is 16.5. The van der Waals surface area contributed by atoms with Crippen LogP contribution in [0.5, 0.6) is 5.75 Å². The maximum atomic E-state index is 5.40. The molecule has 0 fully saturated rings. The molecule has 0 aliphatic heterocycles. The number of nitrogens with zero attached hydrogens (tertiary/aromatic N) is 3. The zero-order valence-electron chi connectivity index (χ0n) is 14.8. The average Bonchev–Trinajstić information content (AvgIpc) is 2.51. The van der Waals surface area contributed by atoms with Crippen molar-refractivity contribution in [2.45, 2.75) is 26.4 Å². The Labute approximate surface area is 135 Å². The number of nitrogens with one attached hydrogen (secondary N) is 1. The number of hydrogen-bond acceptors (Lipinski definition) is 3. The number of ether oxygens (including phenoxy) is 1. The van der Waals surface area contributed by atoms with Gasteiger partial charge in [-0.25, -0.2) is 0 Å². The second-order valence-electron chi connectivity index (χ2n) is 5.72. The highest BCUT2D eigenvalue weighted by Gasteiger charge is 2.10.